The smallest absolute Gasteiger partial charge is 0.162 e. The topological polar surface area (TPSA) is 52.5 Å². The van der Waals surface area contributed by atoms with Crippen LogP contribution in [0.1, 0.15) is 32.1 Å². The third-order valence-corrected chi connectivity index (χ3v) is 2.71. The van der Waals surface area contributed by atoms with Crippen LogP contribution in [-0.4, -0.2) is 29.6 Å². The van der Waals surface area contributed by atoms with E-state index in [1.54, 1.807) is 0 Å². The minimum Gasteiger partial charge on any atom is -0.366 e. The zero-order chi connectivity index (χ0) is 9.03. The van der Waals surface area contributed by atoms with Gasteiger partial charge in [-0.3, -0.25) is 0 Å². The number of hydrogen-bond donors (Lipinski definition) is 3. The monoisotopic (exact) mass is 173 g/mol. The Morgan fingerprint density at radius 2 is 1.92 bits per heavy atom. The van der Waals surface area contributed by atoms with E-state index < -0.39 is 5.79 Å². The van der Waals surface area contributed by atoms with Crippen molar-refractivity contribution in [1.82, 2.24) is 5.32 Å². The Labute approximate surface area is 73.8 Å². The molecule has 0 saturated heterocycles. The molecular weight excluding hydrogens is 154 g/mol. The Bertz CT molecular complexity index is 126. The molecule has 0 unspecified atom stereocenters. The van der Waals surface area contributed by atoms with Crippen molar-refractivity contribution in [2.24, 2.45) is 5.92 Å². The number of nitrogens with one attached hydrogen (secondary N) is 1. The van der Waals surface area contributed by atoms with E-state index in [1.165, 1.54) is 0 Å². The second kappa shape index (κ2) is 4.21. The van der Waals surface area contributed by atoms with Gasteiger partial charge in [0.05, 0.1) is 0 Å². The molecule has 1 aliphatic rings. The number of hydrogen-bond acceptors (Lipinski definition) is 3. The normalized spacial score (nSPS) is 24.2. The lowest BCUT2D eigenvalue weighted by molar-refractivity contribution is -0.186. The van der Waals surface area contributed by atoms with Crippen molar-refractivity contribution in [2.45, 2.75) is 37.9 Å². The third kappa shape index (κ3) is 3.09. The van der Waals surface area contributed by atoms with Crippen LogP contribution >= 0.6 is 0 Å². The summed E-state index contributed by atoms with van der Waals surface area (Å²) in [6.45, 7) is 1.04. The molecule has 1 saturated carbocycles. The van der Waals surface area contributed by atoms with Crippen molar-refractivity contribution in [3.05, 3.63) is 0 Å². The maximum absolute atomic E-state index is 9.26. The van der Waals surface area contributed by atoms with Crippen LogP contribution in [-0.2, 0) is 0 Å². The first-order valence-corrected chi connectivity index (χ1v) is 4.73. The molecule has 3 heteroatoms. The van der Waals surface area contributed by atoms with Crippen molar-refractivity contribution in [3.8, 4) is 0 Å². The standard InChI is InChI=1S/C9H19NO2/c1-10-7-4-8-2-5-9(11,12)6-3-8/h8,10-12H,2-7H2,1H3. The lowest BCUT2D eigenvalue weighted by atomic mass is 9.83. The molecule has 1 fully saturated rings. The van der Waals surface area contributed by atoms with Crippen LogP contribution in [0.4, 0.5) is 0 Å². The predicted molar refractivity (Wildman–Crippen MR) is 47.7 cm³/mol. The minimum absolute atomic E-state index is 0.543. The van der Waals surface area contributed by atoms with Gasteiger partial charge in [-0.25, -0.2) is 0 Å². The Morgan fingerprint density at radius 3 is 2.42 bits per heavy atom. The molecule has 0 aromatic carbocycles. The van der Waals surface area contributed by atoms with Crippen molar-refractivity contribution < 1.29 is 10.2 Å². The molecule has 0 amide bonds. The number of aliphatic hydroxyl groups is 2. The van der Waals surface area contributed by atoms with Gasteiger partial charge in [0.15, 0.2) is 5.79 Å². The molecule has 12 heavy (non-hydrogen) atoms. The SMILES string of the molecule is CNCCC1CCC(O)(O)CC1. The highest BCUT2D eigenvalue weighted by atomic mass is 16.5. The van der Waals surface area contributed by atoms with E-state index in [-0.39, 0.29) is 0 Å². The summed E-state index contributed by atoms with van der Waals surface area (Å²) in [5.41, 5.74) is 0. The zero-order valence-corrected chi connectivity index (χ0v) is 7.71. The van der Waals surface area contributed by atoms with Gasteiger partial charge in [-0.1, -0.05) is 0 Å². The van der Waals surface area contributed by atoms with Gasteiger partial charge in [-0.2, -0.15) is 0 Å². The second-order valence-electron chi connectivity index (χ2n) is 3.82. The van der Waals surface area contributed by atoms with Crippen molar-refractivity contribution in [3.63, 3.8) is 0 Å². The molecule has 0 aromatic heterocycles. The molecule has 72 valence electrons. The Hall–Kier alpha value is -0.120. The average Bonchev–Trinajstić information content (AvgIpc) is 2.03. The van der Waals surface area contributed by atoms with E-state index in [0.29, 0.717) is 18.8 Å². The van der Waals surface area contributed by atoms with Gasteiger partial charge in [-0.05, 0) is 38.8 Å². The summed E-state index contributed by atoms with van der Waals surface area (Å²) in [5.74, 6) is -0.680. The molecule has 1 aliphatic carbocycles. The first-order chi connectivity index (χ1) is 5.64. The average molecular weight is 173 g/mol. The van der Waals surface area contributed by atoms with Gasteiger partial charge in [0, 0.05) is 12.8 Å². The highest BCUT2D eigenvalue weighted by Crippen LogP contribution is 2.31. The lowest BCUT2D eigenvalue weighted by Gasteiger charge is -2.31. The molecule has 0 spiro atoms. The van der Waals surface area contributed by atoms with Gasteiger partial charge in [0.25, 0.3) is 0 Å². The van der Waals surface area contributed by atoms with Crippen LogP contribution in [0.2, 0.25) is 0 Å². The first kappa shape index (κ1) is 9.96. The fourth-order valence-electron chi connectivity index (χ4n) is 1.78. The summed E-state index contributed by atoms with van der Waals surface area (Å²) >= 11 is 0. The molecule has 0 atom stereocenters. The van der Waals surface area contributed by atoms with Gasteiger partial charge < -0.3 is 15.5 Å². The van der Waals surface area contributed by atoms with E-state index in [0.717, 1.165) is 25.8 Å². The summed E-state index contributed by atoms with van der Waals surface area (Å²) < 4.78 is 0. The summed E-state index contributed by atoms with van der Waals surface area (Å²) in [4.78, 5) is 0. The molecule has 3 N–H and O–H groups in total. The van der Waals surface area contributed by atoms with Crippen LogP contribution in [0.15, 0.2) is 0 Å². The fourth-order valence-corrected chi connectivity index (χ4v) is 1.78. The van der Waals surface area contributed by atoms with E-state index in [1.807, 2.05) is 7.05 Å². The molecule has 1 rings (SSSR count). The van der Waals surface area contributed by atoms with Gasteiger partial charge in [-0.15, -0.1) is 0 Å². The van der Waals surface area contributed by atoms with Crippen LogP contribution in [0, 0.1) is 5.92 Å². The summed E-state index contributed by atoms with van der Waals surface area (Å²) in [6, 6.07) is 0. The molecular formula is C9H19NO2. The van der Waals surface area contributed by atoms with E-state index in [9.17, 15) is 10.2 Å². The molecule has 0 radical (unpaired) electrons. The Morgan fingerprint density at radius 1 is 1.33 bits per heavy atom. The summed E-state index contributed by atoms with van der Waals surface area (Å²) in [6.07, 6.45) is 4.15. The largest absolute Gasteiger partial charge is 0.366 e. The van der Waals surface area contributed by atoms with Crippen molar-refractivity contribution in [1.29, 1.82) is 0 Å². The van der Waals surface area contributed by atoms with Gasteiger partial charge >= 0.3 is 0 Å². The molecule has 0 bridgehead atoms. The highest BCUT2D eigenvalue weighted by molar-refractivity contribution is 4.76. The number of rotatable bonds is 3. The Balaban J connectivity index is 2.18. The lowest BCUT2D eigenvalue weighted by Crippen LogP contribution is -2.34. The van der Waals surface area contributed by atoms with Gasteiger partial charge in [0.2, 0.25) is 0 Å². The van der Waals surface area contributed by atoms with E-state index >= 15 is 0 Å². The maximum Gasteiger partial charge on any atom is 0.162 e. The second-order valence-corrected chi connectivity index (χ2v) is 3.82. The van der Waals surface area contributed by atoms with Crippen molar-refractivity contribution in [2.75, 3.05) is 13.6 Å². The fraction of sp³-hybridized carbons (Fsp3) is 1.00. The van der Waals surface area contributed by atoms with Crippen molar-refractivity contribution >= 4 is 0 Å². The summed E-state index contributed by atoms with van der Waals surface area (Å²) in [7, 11) is 1.95. The van der Waals surface area contributed by atoms with Crippen LogP contribution in [0.5, 0.6) is 0 Å². The van der Waals surface area contributed by atoms with E-state index in [4.69, 9.17) is 0 Å². The first-order valence-electron chi connectivity index (χ1n) is 4.73. The van der Waals surface area contributed by atoms with Crippen LogP contribution in [0.25, 0.3) is 0 Å². The Kier molecular flexibility index (Phi) is 3.50. The minimum atomic E-state index is -1.36. The molecule has 0 aliphatic heterocycles. The molecule has 0 heterocycles. The van der Waals surface area contributed by atoms with Crippen LogP contribution in [0.3, 0.4) is 0 Å². The maximum atomic E-state index is 9.26. The molecule has 3 nitrogen and oxygen atoms in total. The zero-order valence-electron chi connectivity index (χ0n) is 7.71. The molecule has 0 aromatic rings. The highest BCUT2D eigenvalue weighted by Gasteiger charge is 2.29. The van der Waals surface area contributed by atoms with Gasteiger partial charge in [0.1, 0.15) is 0 Å². The third-order valence-electron chi connectivity index (χ3n) is 2.71. The quantitative estimate of drug-likeness (QED) is 0.544. The van der Waals surface area contributed by atoms with E-state index in [2.05, 4.69) is 5.32 Å². The predicted octanol–water partition coefficient (Wildman–Crippen LogP) is 0.467. The van der Waals surface area contributed by atoms with Crippen LogP contribution < -0.4 is 5.32 Å². The summed E-state index contributed by atoms with van der Waals surface area (Å²) in [5, 5.41) is 21.6.